The molecule has 5 rings (SSSR count). The molecule has 13 heteroatoms. The van der Waals surface area contributed by atoms with Gasteiger partial charge in [-0.05, 0) is 67.7 Å². The third-order valence-electron chi connectivity index (χ3n) is 8.46. The van der Waals surface area contributed by atoms with Crippen molar-refractivity contribution in [3.05, 3.63) is 70.2 Å². The van der Waals surface area contributed by atoms with Gasteiger partial charge < -0.3 is 36.7 Å². The van der Waals surface area contributed by atoms with Crippen molar-refractivity contribution >= 4 is 29.1 Å². The maximum atomic E-state index is 13.9. The predicted octanol–water partition coefficient (Wildman–Crippen LogP) is 1.05. The first-order chi connectivity index (χ1) is 20.2. The molecule has 3 aliphatic carbocycles. The third kappa shape index (κ3) is 4.66. The molecule has 2 amide bonds. The fraction of sp³-hybridized carbons (Fsp3) is 0.333. The quantitative estimate of drug-likeness (QED) is 0.186. The molecular weight excluding hydrogens is 560 g/mol. The van der Waals surface area contributed by atoms with Crippen LogP contribution in [0.25, 0.3) is 11.1 Å². The Morgan fingerprint density at radius 1 is 1.05 bits per heavy atom. The lowest BCUT2D eigenvalue weighted by Crippen LogP contribution is -2.63. The molecule has 0 radical (unpaired) electrons. The summed E-state index contributed by atoms with van der Waals surface area (Å²) in [5, 5.41) is 57.5. The smallest absolute Gasteiger partial charge is 0.255 e. The summed E-state index contributed by atoms with van der Waals surface area (Å²) in [5.41, 5.74) is 3.69. The Hall–Kier alpha value is -4.56. The van der Waals surface area contributed by atoms with Crippen LogP contribution in [0.5, 0.6) is 5.75 Å². The van der Waals surface area contributed by atoms with Gasteiger partial charge in [0.05, 0.1) is 11.6 Å². The third-order valence-corrected chi connectivity index (χ3v) is 8.46. The number of fused-ring (bicyclic) bond motifs is 3. The number of allylic oxidation sites excluding steroid dienone is 1. The number of primary amides is 1. The molecule has 8 N–H and O–H groups in total. The molecule has 0 bridgehead atoms. The summed E-state index contributed by atoms with van der Waals surface area (Å²) in [6.07, 6.45) is 0.116. The first kappa shape index (κ1) is 29.9. The number of likely N-dealkylation sites (N-methyl/N-ethyl adjacent to an activating group) is 2. The highest BCUT2D eigenvalue weighted by atomic mass is 16.5. The summed E-state index contributed by atoms with van der Waals surface area (Å²) in [6.45, 7) is -0.229. The van der Waals surface area contributed by atoms with E-state index in [0.29, 0.717) is 22.4 Å². The van der Waals surface area contributed by atoms with Gasteiger partial charge in [-0.15, -0.1) is 0 Å². The van der Waals surface area contributed by atoms with Gasteiger partial charge in [0.15, 0.2) is 11.4 Å². The topological polar surface area (TPSA) is 214 Å². The van der Waals surface area contributed by atoms with E-state index in [4.69, 9.17) is 5.73 Å². The minimum atomic E-state index is -2.71. The van der Waals surface area contributed by atoms with Crippen LogP contribution in [0, 0.1) is 11.8 Å². The maximum absolute atomic E-state index is 13.9. The minimum absolute atomic E-state index is 0.0227. The van der Waals surface area contributed by atoms with Gasteiger partial charge in [0.2, 0.25) is 11.7 Å². The van der Waals surface area contributed by atoms with Crippen molar-refractivity contribution in [2.45, 2.75) is 24.5 Å². The number of nitrogens with two attached hydrogens (primary N) is 1. The maximum Gasteiger partial charge on any atom is 0.255 e. The number of Topliss-reactive ketones (excluding diaryl/α,β-unsaturated/α-hetero) is 2. The number of nitrogens with zero attached hydrogens (tertiary/aromatic N) is 2. The van der Waals surface area contributed by atoms with Gasteiger partial charge in [0.25, 0.3) is 5.91 Å². The lowest BCUT2D eigenvalue weighted by atomic mass is 9.58. The van der Waals surface area contributed by atoms with Crippen molar-refractivity contribution in [1.82, 2.24) is 9.96 Å². The molecule has 0 saturated carbocycles. The number of aliphatic hydroxyl groups is 3. The average molecular weight is 593 g/mol. The number of phenols is 1. The predicted molar refractivity (Wildman–Crippen MR) is 152 cm³/mol. The molecule has 0 aromatic heterocycles. The molecule has 0 heterocycles. The number of phenolic OH excluding ortho intramolecular Hbond substituents is 1. The van der Waals surface area contributed by atoms with Gasteiger partial charge in [0, 0.05) is 24.2 Å². The van der Waals surface area contributed by atoms with Crippen molar-refractivity contribution < 1.29 is 44.8 Å². The van der Waals surface area contributed by atoms with Gasteiger partial charge >= 0.3 is 0 Å². The number of carbonyl (C=O) groups excluding carboxylic acids is 4. The lowest BCUT2D eigenvalue weighted by molar-refractivity contribution is -0.148. The number of ketones is 2. The number of nitrogens with one attached hydrogen (secondary N) is 1. The fourth-order valence-electron chi connectivity index (χ4n) is 6.66. The Morgan fingerprint density at radius 2 is 1.70 bits per heavy atom. The van der Waals surface area contributed by atoms with E-state index in [1.54, 1.807) is 44.4 Å². The monoisotopic (exact) mass is 592 g/mol. The van der Waals surface area contributed by atoms with Crippen LogP contribution >= 0.6 is 0 Å². The van der Waals surface area contributed by atoms with E-state index in [1.165, 1.54) is 18.0 Å². The van der Waals surface area contributed by atoms with Gasteiger partial charge in [-0.1, -0.05) is 18.2 Å². The zero-order chi connectivity index (χ0) is 31.5. The normalized spacial score (nSPS) is 25.0. The molecule has 0 saturated heterocycles. The van der Waals surface area contributed by atoms with Crippen LogP contribution in [0.3, 0.4) is 0 Å². The highest BCUT2D eigenvalue weighted by Crippen LogP contribution is 2.53. The number of hydrogen-bond donors (Lipinski definition) is 7. The zero-order valence-electron chi connectivity index (χ0n) is 23.7. The highest BCUT2D eigenvalue weighted by Gasteiger charge is 2.63. The second-order valence-corrected chi connectivity index (χ2v) is 11.4. The second kappa shape index (κ2) is 10.6. The summed E-state index contributed by atoms with van der Waals surface area (Å²) < 4.78 is 0. The molecule has 4 atom stereocenters. The van der Waals surface area contributed by atoms with Crippen LogP contribution in [-0.2, 0) is 20.8 Å². The average Bonchev–Trinajstić information content (AvgIpc) is 2.90. The number of carbonyl (C=O) groups is 4. The molecule has 0 unspecified atom stereocenters. The van der Waals surface area contributed by atoms with Crippen molar-refractivity contribution in [2.75, 3.05) is 33.0 Å². The van der Waals surface area contributed by atoms with Crippen LogP contribution in [-0.4, -0.2) is 98.3 Å². The van der Waals surface area contributed by atoms with Gasteiger partial charge in [-0.3, -0.25) is 24.1 Å². The number of hydroxylamine groups is 2. The van der Waals surface area contributed by atoms with Crippen molar-refractivity contribution in [1.29, 1.82) is 0 Å². The van der Waals surface area contributed by atoms with Gasteiger partial charge in [-0.2, -0.15) is 5.06 Å². The molecule has 43 heavy (non-hydrogen) atoms. The Bertz CT molecular complexity index is 1630. The van der Waals surface area contributed by atoms with Gasteiger partial charge in [-0.25, -0.2) is 0 Å². The molecule has 226 valence electrons. The summed E-state index contributed by atoms with van der Waals surface area (Å²) in [6, 6.07) is 8.62. The number of benzene rings is 2. The van der Waals surface area contributed by atoms with Crippen molar-refractivity contribution in [3.8, 4) is 16.9 Å². The SMILES string of the molecule is CN(O)CC(=O)Nc1ccc(-c2ccc(O)c3c2C[C@H]2C[C@H]4[C@H](N(C)C)C(O)=C(C(N)=O)C(=O)[C@@]4(O)C(O)=C2C3=O)cc1. The minimum Gasteiger partial charge on any atom is -0.510 e. The van der Waals surface area contributed by atoms with Crippen LogP contribution in [0.2, 0.25) is 0 Å². The molecule has 3 aliphatic rings. The molecule has 0 fully saturated rings. The number of rotatable bonds is 6. The van der Waals surface area contributed by atoms with E-state index in [-0.39, 0.29) is 36.3 Å². The second-order valence-electron chi connectivity index (χ2n) is 11.4. The van der Waals surface area contributed by atoms with Crippen LogP contribution < -0.4 is 11.1 Å². The summed E-state index contributed by atoms with van der Waals surface area (Å²) >= 11 is 0. The number of amides is 2. The van der Waals surface area contributed by atoms with E-state index in [1.807, 2.05) is 0 Å². The Labute approximate surface area is 246 Å². The van der Waals surface area contributed by atoms with Crippen molar-refractivity contribution in [3.63, 3.8) is 0 Å². The Balaban J connectivity index is 1.59. The van der Waals surface area contributed by atoms with E-state index < -0.39 is 64.0 Å². The summed E-state index contributed by atoms with van der Waals surface area (Å²) in [5.74, 6) is -7.53. The largest absolute Gasteiger partial charge is 0.510 e. The van der Waals surface area contributed by atoms with Crippen LogP contribution in [0.15, 0.2) is 59.1 Å². The molecule has 2 aromatic rings. The number of anilines is 1. The molecule has 0 spiro atoms. The highest BCUT2D eigenvalue weighted by molar-refractivity contribution is 6.25. The number of hydrogen-bond acceptors (Lipinski definition) is 11. The number of aromatic hydroxyl groups is 1. The van der Waals surface area contributed by atoms with Gasteiger partial charge in [0.1, 0.15) is 29.4 Å². The zero-order valence-corrected chi connectivity index (χ0v) is 23.7. The van der Waals surface area contributed by atoms with Crippen LogP contribution in [0.4, 0.5) is 5.69 Å². The standard InChI is InChI=1S/C30H32N4O9/c1-33(2)24-18-11-14-10-17-16(13-4-6-15(7-5-13)32-20(36)12-34(3)43)8-9-19(35)22(17)25(37)21(14)27(39)30(18,42)28(40)23(26(24)38)29(31)41/h4-9,14,18,24,35,38-39,42-43H,10-12H2,1-3H3,(H2,31,41)(H,32,36)/t14-,18-,24-,30-/m0/s1. The van der Waals surface area contributed by atoms with E-state index in [2.05, 4.69) is 5.32 Å². The van der Waals surface area contributed by atoms with Crippen molar-refractivity contribution in [2.24, 2.45) is 17.6 Å². The molecule has 2 aromatic carbocycles. The Morgan fingerprint density at radius 3 is 2.28 bits per heavy atom. The molecule has 0 aliphatic heterocycles. The van der Waals surface area contributed by atoms with E-state index in [9.17, 15) is 44.8 Å². The van der Waals surface area contributed by atoms with E-state index in [0.717, 1.165) is 5.06 Å². The number of aliphatic hydroxyl groups excluding tert-OH is 2. The molecular formula is C30H32N4O9. The fourth-order valence-corrected chi connectivity index (χ4v) is 6.66. The first-order valence-electron chi connectivity index (χ1n) is 13.5. The Kier molecular flexibility index (Phi) is 7.38. The lowest BCUT2D eigenvalue weighted by Gasteiger charge is -2.50. The summed E-state index contributed by atoms with van der Waals surface area (Å²) in [4.78, 5) is 52.9. The van der Waals surface area contributed by atoms with Crippen LogP contribution in [0.1, 0.15) is 22.3 Å². The molecule has 13 nitrogen and oxygen atoms in total. The van der Waals surface area contributed by atoms with E-state index >= 15 is 0 Å². The first-order valence-corrected chi connectivity index (χ1v) is 13.5. The summed E-state index contributed by atoms with van der Waals surface area (Å²) in [7, 11) is 4.48.